The third kappa shape index (κ3) is 2.16. The number of halogens is 1. The van der Waals surface area contributed by atoms with Crippen molar-refractivity contribution in [3.8, 4) is 0 Å². The second-order valence-corrected chi connectivity index (χ2v) is 7.52. The van der Waals surface area contributed by atoms with Crippen molar-refractivity contribution in [2.45, 2.75) is 12.5 Å². The minimum atomic E-state index is -3.17. The lowest BCUT2D eigenvalue weighted by Crippen LogP contribution is -2.38. The zero-order chi connectivity index (χ0) is 14.5. The van der Waals surface area contributed by atoms with E-state index in [4.69, 9.17) is 11.6 Å². The Labute approximate surface area is 118 Å². The van der Waals surface area contributed by atoms with Crippen LogP contribution in [0.5, 0.6) is 0 Å². The molecule has 1 aliphatic heterocycles. The Morgan fingerprint density at radius 3 is 2.70 bits per heavy atom. The maximum Gasteiger partial charge on any atom is 0.329 e. The summed E-state index contributed by atoms with van der Waals surface area (Å²) in [6, 6.07) is 3.97. The molecule has 0 radical (unpaired) electrons. The Balaban J connectivity index is 2.25. The number of rotatable bonds is 1. The van der Waals surface area contributed by atoms with Crippen molar-refractivity contribution in [2.24, 2.45) is 0 Å². The van der Waals surface area contributed by atoms with E-state index < -0.39 is 27.1 Å². The predicted octanol–water partition coefficient (Wildman–Crippen LogP) is 0.703. The van der Waals surface area contributed by atoms with E-state index in [0.29, 0.717) is 15.9 Å². The van der Waals surface area contributed by atoms with E-state index in [0.717, 1.165) is 4.57 Å². The van der Waals surface area contributed by atoms with Gasteiger partial charge in [-0.2, -0.15) is 0 Å². The molecule has 8 heteroatoms. The number of nitrogens with zero attached hydrogens (tertiary/aromatic N) is 1. The zero-order valence-corrected chi connectivity index (χ0v) is 11.9. The first-order valence-electron chi connectivity index (χ1n) is 6.02. The number of hydrogen-bond acceptors (Lipinski definition) is 4. The van der Waals surface area contributed by atoms with Crippen LogP contribution in [0.25, 0.3) is 10.9 Å². The van der Waals surface area contributed by atoms with Crippen molar-refractivity contribution in [3.05, 3.63) is 44.1 Å². The number of aromatic nitrogens is 2. The van der Waals surface area contributed by atoms with E-state index in [1.807, 2.05) is 0 Å². The maximum absolute atomic E-state index is 12.4. The summed E-state index contributed by atoms with van der Waals surface area (Å²) in [4.78, 5) is 27.0. The Morgan fingerprint density at radius 1 is 1.30 bits per heavy atom. The fraction of sp³-hybridized carbons (Fsp3) is 0.333. The fourth-order valence-electron chi connectivity index (χ4n) is 2.51. The normalized spacial score (nSPS) is 21.4. The van der Waals surface area contributed by atoms with E-state index in [1.165, 1.54) is 12.1 Å². The molecule has 0 spiro atoms. The molecule has 1 aromatic carbocycles. The van der Waals surface area contributed by atoms with Crippen LogP contribution in [-0.4, -0.2) is 29.5 Å². The van der Waals surface area contributed by atoms with Gasteiger partial charge in [0, 0.05) is 5.02 Å². The minimum absolute atomic E-state index is 0.00218. The van der Waals surface area contributed by atoms with Gasteiger partial charge >= 0.3 is 5.69 Å². The average molecular weight is 315 g/mol. The molecular formula is C12H11ClN2O4S. The Hall–Kier alpha value is -1.60. The Bertz CT molecular complexity index is 913. The van der Waals surface area contributed by atoms with Gasteiger partial charge in [-0.25, -0.2) is 13.2 Å². The molecule has 3 rings (SSSR count). The molecule has 0 aliphatic carbocycles. The van der Waals surface area contributed by atoms with Crippen LogP contribution in [-0.2, 0) is 9.84 Å². The summed E-state index contributed by atoms with van der Waals surface area (Å²) in [7, 11) is -3.17. The molecule has 1 fully saturated rings. The van der Waals surface area contributed by atoms with Crippen molar-refractivity contribution in [3.63, 3.8) is 0 Å². The minimum Gasteiger partial charge on any atom is -0.307 e. The molecule has 0 amide bonds. The lowest BCUT2D eigenvalue weighted by molar-refractivity contribution is 0.517. The molecule has 0 bridgehead atoms. The van der Waals surface area contributed by atoms with E-state index in [1.54, 1.807) is 6.07 Å². The van der Waals surface area contributed by atoms with E-state index in [9.17, 15) is 18.0 Å². The summed E-state index contributed by atoms with van der Waals surface area (Å²) in [5.74, 6) is -0.169. The molecule has 6 nitrogen and oxygen atoms in total. The lowest BCUT2D eigenvalue weighted by atomic mass is 10.2. The predicted molar refractivity (Wildman–Crippen MR) is 76.1 cm³/mol. The fourth-order valence-corrected chi connectivity index (χ4v) is 4.39. The van der Waals surface area contributed by atoms with E-state index in [2.05, 4.69) is 4.98 Å². The summed E-state index contributed by atoms with van der Waals surface area (Å²) in [5, 5.41) is 0.729. The van der Waals surface area contributed by atoms with Gasteiger partial charge in [0.25, 0.3) is 5.56 Å². The topological polar surface area (TPSA) is 89.0 Å². The van der Waals surface area contributed by atoms with Crippen LogP contribution < -0.4 is 11.2 Å². The first-order valence-corrected chi connectivity index (χ1v) is 8.22. The van der Waals surface area contributed by atoms with Gasteiger partial charge in [0.15, 0.2) is 9.84 Å². The van der Waals surface area contributed by atoms with Gasteiger partial charge in [-0.15, -0.1) is 0 Å². The van der Waals surface area contributed by atoms with Crippen molar-refractivity contribution >= 4 is 32.3 Å². The molecule has 1 unspecified atom stereocenters. The van der Waals surface area contributed by atoms with Gasteiger partial charge in [0.1, 0.15) is 0 Å². The molecule has 106 valence electrons. The highest BCUT2D eigenvalue weighted by atomic mass is 35.5. The molecule has 0 saturated carbocycles. The molecule has 1 aromatic heterocycles. The van der Waals surface area contributed by atoms with Crippen LogP contribution in [0.2, 0.25) is 5.02 Å². The summed E-state index contributed by atoms with van der Waals surface area (Å²) in [5.41, 5.74) is -0.737. The van der Waals surface area contributed by atoms with Gasteiger partial charge in [-0.1, -0.05) is 11.6 Å². The number of hydrogen-bond donors (Lipinski definition) is 1. The quantitative estimate of drug-likeness (QED) is 0.839. The highest BCUT2D eigenvalue weighted by Crippen LogP contribution is 2.21. The number of sulfone groups is 1. The van der Waals surface area contributed by atoms with Crippen LogP contribution in [0.3, 0.4) is 0 Å². The maximum atomic E-state index is 12.4. The second kappa shape index (κ2) is 4.46. The monoisotopic (exact) mass is 314 g/mol. The molecule has 2 heterocycles. The standard InChI is InChI=1S/C12H11ClN2O4S/c13-7-1-2-9-10(5-7)14-12(17)15(11(9)16)8-3-4-20(18,19)6-8/h1-2,5,8H,3-4,6H2,(H,14,17). The molecule has 20 heavy (non-hydrogen) atoms. The summed E-state index contributed by atoms with van der Waals surface area (Å²) in [6.45, 7) is 0. The number of fused-ring (bicyclic) bond motifs is 1. The first-order chi connectivity index (χ1) is 9.37. The van der Waals surface area contributed by atoms with E-state index >= 15 is 0 Å². The number of nitrogens with one attached hydrogen (secondary N) is 1. The van der Waals surface area contributed by atoms with Crippen LogP contribution in [0.4, 0.5) is 0 Å². The summed E-state index contributed by atoms with van der Waals surface area (Å²) >= 11 is 5.82. The number of H-pyrrole nitrogens is 1. The van der Waals surface area contributed by atoms with Crippen molar-refractivity contribution < 1.29 is 8.42 Å². The van der Waals surface area contributed by atoms with Crippen molar-refractivity contribution in [2.75, 3.05) is 11.5 Å². The summed E-state index contributed by atoms with van der Waals surface area (Å²) < 4.78 is 24.0. The zero-order valence-electron chi connectivity index (χ0n) is 10.3. The van der Waals surface area contributed by atoms with Crippen LogP contribution in [0.15, 0.2) is 27.8 Å². The highest BCUT2D eigenvalue weighted by molar-refractivity contribution is 7.91. The van der Waals surface area contributed by atoms with Gasteiger partial charge < -0.3 is 4.98 Å². The molecule has 1 atom stereocenters. The largest absolute Gasteiger partial charge is 0.329 e. The second-order valence-electron chi connectivity index (χ2n) is 4.85. The van der Waals surface area contributed by atoms with Crippen LogP contribution in [0, 0.1) is 0 Å². The van der Waals surface area contributed by atoms with Gasteiger partial charge in [0.05, 0.1) is 28.5 Å². The molecular weight excluding hydrogens is 304 g/mol. The van der Waals surface area contributed by atoms with Crippen molar-refractivity contribution in [1.82, 2.24) is 9.55 Å². The van der Waals surface area contributed by atoms with Crippen LogP contribution >= 0.6 is 11.6 Å². The highest BCUT2D eigenvalue weighted by Gasteiger charge is 2.31. The molecule has 2 aromatic rings. The Kier molecular flexibility index (Phi) is 2.98. The third-order valence-corrected chi connectivity index (χ3v) is 5.45. The van der Waals surface area contributed by atoms with Gasteiger partial charge in [0.2, 0.25) is 0 Å². The number of benzene rings is 1. The SMILES string of the molecule is O=c1[nH]c2cc(Cl)ccc2c(=O)n1C1CCS(=O)(=O)C1. The van der Waals surface area contributed by atoms with E-state index in [-0.39, 0.29) is 17.9 Å². The van der Waals surface area contributed by atoms with Crippen molar-refractivity contribution in [1.29, 1.82) is 0 Å². The Morgan fingerprint density at radius 2 is 2.05 bits per heavy atom. The summed E-state index contributed by atoms with van der Waals surface area (Å²) in [6.07, 6.45) is 0.282. The van der Waals surface area contributed by atoms with Crippen LogP contribution in [0.1, 0.15) is 12.5 Å². The molecule has 1 saturated heterocycles. The number of aromatic amines is 1. The van der Waals surface area contributed by atoms with Gasteiger partial charge in [-0.05, 0) is 24.6 Å². The molecule has 1 N–H and O–H groups in total. The average Bonchev–Trinajstić information content (AvgIpc) is 2.69. The third-order valence-electron chi connectivity index (χ3n) is 3.46. The van der Waals surface area contributed by atoms with Gasteiger partial charge in [-0.3, -0.25) is 9.36 Å². The first kappa shape index (κ1) is 13.4. The lowest BCUT2D eigenvalue weighted by Gasteiger charge is -2.11. The smallest absolute Gasteiger partial charge is 0.307 e. The molecule has 1 aliphatic rings.